The molecule has 0 aliphatic heterocycles. The average Bonchev–Trinajstić information content (AvgIpc) is 2.03. The molecule has 1 aromatic rings. The van der Waals surface area contributed by atoms with Crippen molar-refractivity contribution in [1.29, 1.82) is 0 Å². The Balaban J connectivity index is 0. The summed E-state index contributed by atoms with van der Waals surface area (Å²) in [6.07, 6.45) is 1.90. The zero-order valence-corrected chi connectivity index (χ0v) is 8.08. The van der Waals surface area contributed by atoms with Crippen molar-refractivity contribution < 1.29 is 33.7 Å². The van der Waals surface area contributed by atoms with Crippen LogP contribution in [0.3, 0.4) is 0 Å². The van der Waals surface area contributed by atoms with Gasteiger partial charge in [-0.1, -0.05) is 0 Å². The normalized spacial score (nSPS) is 9.36. The van der Waals surface area contributed by atoms with Gasteiger partial charge in [-0.15, -0.1) is 0 Å². The molecule has 7 nitrogen and oxygen atoms in total. The fourth-order valence-electron chi connectivity index (χ4n) is 0.586. The second-order valence-electron chi connectivity index (χ2n) is 2.05. The second-order valence-corrected chi connectivity index (χ2v) is 2.86. The molecule has 14 heavy (non-hydrogen) atoms. The number of aromatic amines is 1. The van der Waals surface area contributed by atoms with Crippen LogP contribution in [0.4, 0.5) is 0 Å². The van der Waals surface area contributed by atoms with E-state index in [1.54, 1.807) is 0 Å². The van der Waals surface area contributed by atoms with E-state index in [9.17, 15) is 0 Å². The van der Waals surface area contributed by atoms with Crippen LogP contribution in [-0.2, 0) is 16.9 Å². The summed E-state index contributed by atoms with van der Waals surface area (Å²) >= 11 is 0. The minimum absolute atomic E-state index is 0. The second kappa shape index (κ2) is 7.35. The maximum atomic E-state index is 8.52. The van der Waals surface area contributed by atoms with Gasteiger partial charge in [0, 0.05) is 22.5 Å². The van der Waals surface area contributed by atoms with Crippen LogP contribution < -0.4 is 10.7 Å². The minimum Gasteiger partial charge on any atom is -0.759 e. The van der Waals surface area contributed by atoms with Crippen molar-refractivity contribution >= 4 is 10.4 Å². The van der Waals surface area contributed by atoms with E-state index in [1.165, 1.54) is 5.69 Å². The number of aromatic nitrogens is 1. The van der Waals surface area contributed by atoms with E-state index < -0.39 is 10.4 Å². The van der Waals surface area contributed by atoms with Crippen LogP contribution >= 0.6 is 0 Å². The number of hydrogen-bond acceptors (Lipinski definition) is 4. The molecule has 1 heterocycles. The van der Waals surface area contributed by atoms with Crippen molar-refractivity contribution in [3.05, 3.63) is 30.1 Å². The van der Waals surface area contributed by atoms with Gasteiger partial charge in [0.2, 0.25) is 5.69 Å². The van der Waals surface area contributed by atoms with Crippen molar-refractivity contribution in [3.8, 4) is 0 Å². The summed E-state index contributed by atoms with van der Waals surface area (Å²) < 4.78 is 34.1. The van der Waals surface area contributed by atoms with E-state index in [-0.39, 0.29) is 5.48 Å². The van der Waals surface area contributed by atoms with Crippen molar-refractivity contribution in [1.82, 2.24) is 0 Å². The van der Waals surface area contributed by atoms with Gasteiger partial charge >= 0.3 is 0 Å². The van der Waals surface area contributed by atoms with Gasteiger partial charge < -0.3 is 20.3 Å². The molecule has 0 aliphatic rings. The molecule has 82 valence electrons. The minimum atomic E-state index is -5.17. The SMILES string of the molecule is O.O=S(=O)([O-])[O-].[NH3+]Cc1cccc[nH+]1. The Kier molecular flexibility index (Phi) is 8.10. The average molecular weight is 224 g/mol. The van der Waals surface area contributed by atoms with Crippen LogP contribution in [-0.4, -0.2) is 23.0 Å². The van der Waals surface area contributed by atoms with Crippen molar-refractivity contribution in [2.45, 2.75) is 6.54 Å². The Bertz CT molecular complexity index is 317. The Morgan fingerprint density at radius 2 is 1.86 bits per heavy atom. The molecule has 0 fully saturated rings. The number of rotatable bonds is 1. The van der Waals surface area contributed by atoms with E-state index in [2.05, 4.69) is 10.7 Å². The molecule has 1 rings (SSSR count). The summed E-state index contributed by atoms with van der Waals surface area (Å²) in [6, 6.07) is 5.98. The fraction of sp³-hybridized carbons (Fsp3) is 0.167. The number of H-pyrrole nitrogens is 1. The number of pyridine rings is 1. The van der Waals surface area contributed by atoms with Crippen LogP contribution in [0.1, 0.15) is 5.69 Å². The first-order chi connectivity index (χ1) is 5.93. The lowest BCUT2D eigenvalue weighted by atomic mass is 10.4. The monoisotopic (exact) mass is 224 g/mol. The molecule has 6 N–H and O–H groups in total. The fourth-order valence-corrected chi connectivity index (χ4v) is 0.586. The molecule has 0 aliphatic carbocycles. The van der Waals surface area contributed by atoms with Gasteiger partial charge in [-0.25, -0.2) is 4.98 Å². The maximum Gasteiger partial charge on any atom is 0.234 e. The largest absolute Gasteiger partial charge is 0.759 e. The maximum absolute atomic E-state index is 8.52. The van der Waals surface area contributed by atoms with Gasteiger partial charge in [-0.2, -0.15) is 0 Å². The quantitative estimate of drug-likeness (QED) is 0.400. The third kappa shape index (κ3) is 13.5. The van der Waals surface area contributed by atoms with Crippen molar-refractivity contribution in [2.75, 3.05) is 0 Å². The van der Waals surface area contributed by atoms with Crippen LogP contribution in [0.2, 0.25) is 0 Å². The summed E-state index contributed by atoms with van der Waals surface area (Å²) in [5.74, 6) is 0. The molecule has 0 radical (unpaired) electrons. The molecule has 8 heteroatoms. The summed E-state index contributed by atoms with van der Waals surface area (Å²) in [6.45, 7) is 0.834. The van der Waals surface area contributed by atoms with Gasteiger partial charge in [-0.05, 0) is 6.07 Å². The van der Waals surface area contributed by atoms with Gasteiger partial charge in [0.1, 0.15) is 0 Å². The highest BCUT2D eigenvalue weighted by molar-refractivity contribution is 7.79. The van der Waals surface area contributed by atoms with Crippen LogP contribution in [0.5, 0.6) is 0 Å². The Hall–Kier alpha value is -1.06. The number of nitrogens with one attached hydrogen (secondary N) is 1. The molecule has 0 spiro atoms. The molecule has 0 saturated heterocycles. The lowest BCUT2D eigenvalue weighted by molar-refractivity contribution is -0.457. The molecular formula is C6H12N2O5S. The molecule has 0 amide bonds. The number of quaternary nitrogens is 1. The Labute approximate surface area is 81.5 Å². The van der Waals surface area contributed by atoms with Gasteiger partial charge in [0.05, 0.1) is 0 Å². The van der Waals surface area contributed by atoms with E-state index in [0.29, 0.717) is 0 Å². The lowest BCUT2D eigenvalue weighted by Crippen LogP contribution is -2.49. The molecule has 0 bridgehead atoms. The first kappa shape index (κ1) is 15.4. The van der Waals surface area contributed by atoms with Gasteiger partial charge in [-0.3, -0.25) is 8.42 Å². The third-order valence-electron chi connectivity index (χ3n) is 1.04. The van der Waals surface area contributed by atoms with Crippen LogP contribution in [0.25, 0.3) is 0 Å². The van der Waals surface area contributed by atoms with E-state index >= 15 is 0 Å². The third-order valence-corrected chi connectivity index (χ3v) is 1.04. The molecule has 0 aromatic carbocycles. The topological polar surface area (TPSA) is 154 Å². The lowest BCUT2D eigenvalue weighted by Gasteiger charge is -2.06. The summed E-state index contributed by atoms with van der Waals surface area (Å²) in [5, 5.41) is 0. The van der Waals surface area contributed by atoms with E-state index in [0.717, 1.165) is 6.54 Å². The zero-order valence-electron chi connectivity index (χ0n) is 7.26. The zero-order chi connectivity index (χ0) is 10.3. The van der Waals surface area contributed by atoms with Crippen LogP contribution in [0.15, 0.2) is 24.4 Å². The van der Waals surface area contributed by atoms with Gasteiger partial charge in [0.25, 0.3) is 0 Å². The molecule has 0 saturated carbocycles. The predicted octanol–water partition coefficient (Wildman–Crippen LogP) is -2.92. The van der Waals surface area contributed by atoms with Crippen molar-refractivity contribution in [2.24, 2.45) is 0 Å². The predicted molar refractivity (Wildman–Crippen MR) is 43.7 cm³/mol. The van der Waals surface area contributed by atoms with Crippen molar-refractivity contribution in [3.63, 3.8) is 0 Å². The summed E-state index contributed by atoms with van der Waals surface area (Å²) in [7, 11) is -5.17. The van der Waals surface area contributed by atoms with E-state index in [4.69, 9.17) is 17.5 Å². The summed E-state index contributed by atoms with van der Waals surface area (Å²) in [5.41, 5.74) is 4.90. The molecular weight excluding hydrogens is 212 g/mol. The summed E-state index contributed by atoms with van der Waals surface area (Å²) in [4.78, 5) is 3.06. The standard InChI is InChI=1S/C6H8N2.H2O4S.H2O/c7-5-6-3-1-2-4-8-6;1-5(2,3)4;/h1-4H,5,7H2;(H2,1,2,3,4);1H2. The molecule has 1 aromatic heterocycles. The Morgan fingerprint density at radius 3 is 2.07 bits per heavy atom. The smallest absolute Gasteiger partial charge is 0.234 e. The van der Waals surface area contributed by atoms with Crippen LogP contribution in [0, 0.1) is 0 Å². The molecule has 0 unspecified atom stereocenters. The highest BCUT2D eigenvalue weighted by Gasteiger charge is 1.92. The Morgan fingerprint density at radius 1 is 1.36 bits per heavy atom. The first-order valence-corrected chi connectivity index (χ1v) is 4.68. The highest BCUT2D eigenvalue weighted by Crippen LogP contribution is 1.81. The van der Waals surface area contributed by atoms with E-state index in [1.807, 2.05) is 24.4 Å². The highest BCUT2D eigenvalue weighted by atomic mass is 32.3. The number of hydrogen-bond donors (Lipinski definition) is 1. The molecule has 0 atom stereocenters. The van der Waals surface area contributed by atoms with Gasteiger partial charge in [0.15, 0.2) is 12.7 Å². The first-order valence-electron chi connectivity index (χ1n) is 3.35.